The van der Waals surface area contributed by atoms with Gasteiger partial charge in [-0.1, -0.05) is 25.4 Å². The maximum atomic E-state index is 11.8. The number of nitrogens with zero attached hydrogens (tertiary/aromatic N) is 4. The summed E-state index contributed by atoms with van der Waals surface area (Å²) in [5, 5.41) is 7.19. The lowest BCUT2D eigenvalue weighted by atomic mass is 10.2. The number of halogens is 1. The van der Waals surface area contributed by atoms with Gasteiger partial charge in [0, 0.05) is 12.0 Å². The topological polar surface area (TPSA) is 85.3 Å². The minimum atomic E-state index is -0.186. The number of carbonyl (C=O) groups is 1. The molecule has 0 aliphatic heterocycles. The van der Waals surface area contributed by atoms with Gasteiger partial charge in [-0.3, -0.25) is 10.1 Å². The molecule has 0 aromatic carbocycles. The summed E-state index contributed by atoms with van der Waals surface area (Å²) in [6, 6.07) is 5.05. The zero-order valence-corrected chi connectivity index (χ0v) is 12.1. The number of fused-ring (bicyclic) bond motifs is 1. The highest BCUT2D eigenvalue weighted by Crippen LogP contribution is 2.20. The van der Waals surface area contributed by atoms with Crippen LogP contribution >= 0.6 is 11.6 Å². The van der Waals surface area contributed by atoms with Gasteiger partial charge in [-0.25, -0.2) is 9.97 Å². The first-order valence-electron chi connectivity index (χ1n) is 6.32. The molecule has 0 atom stereocenters. The summed E-state index contributed by atoms with van der Waals surface area (Å²) in [6.45, 7) is 3.57. The van der Waals surface area contributed by atoms with Gasteiger partial charge in [0.2, 0.25) is 17.7 Å². The van der Waals surface area contributed by atoms with E-state index in [1.807, 2.05) is 0 Å². The zero-order valence-electron chi connectivity index (χ0n) is 11.4. The van der Waals surface area contributed by atoms with E-state index in [9.17, 15) is 4.79 Å². The van der Waals surface area contributed by atoms with Gasteiger partial charge in [0.05, 0.1) is 6.26 Å². The van der Waals surface area contributed by atoms with Crippen LogP contribution in [0.3, 0.4) is 0 Å². The van der Waals surface area contributed by atoms with Crippen LogP contribution in [0.1, 0.15) is 13.8 Å². The summed E-state index contributed by atoms with van der Waals surface area (Å²) in [4.78, 5) is 20.2. The molecule has 0 bridgehead atoms. The number of furan rings is 1. The highest BCUT2D eigenvalue weighted by Gasteiger charge is 2.16. The van der Waals surface area contributed by atoms with Gasteiger partial charge in [0.25, 0.3) is 0 Å². The molecule has 0 saturated carbocycles. The lowest BCUT2D eigenvalue weighted by Gasteiger charge is -2.07. The van der Waals surface area contributed by atoms with Gasteiger partial charge in [0.1, 0.15) is 5.15 Å². The van der Waals surface area contributed by atoms with Gasteiger partial charge in [-0.15, -0.1) is 5.10 Å². The van der Waals surface area contributed by atoms with Crippen molar-refractivity contribution in [3.8, 4) is 11.6 Å². The van der Waals surface area contributed by atoms with Crippen molar-refractivity contribution in [3.63, 3.8) is 0 Å². The molecule has 21 heavy (non-hydrogen) atoms. The van der Waals surface area contributed by atoms with E-state index in [0.29, 0.717) is 17.2 Å². The molecule has 0 saturated heterocycles. The lowest BCUT2D eigenvalue weighted by molar-refractivity contribution is -0.118. The average Bonchev–Trinajstić information content (AvgIpc) is 3.06. The minimum Gasteiger partial charge on any atom is -0.461 e. The number of hydrogen-bond acceptors (Lipinski definition) is 5. The van der Waals surface area contributed by atoms with Gasteiger partial charge < -0.3 is 4.42 Å². The molecule has 3 heterocycles. The third-order valence-corrected chi connectivity index (χ3v) is 2.99. The molecule has 7 nitrogen and oxygen atoms in total. The Hall–Kier alpha value is -2.41. The van der Waals surface area contributed by atoms with E-state index in [1.165, 1.54) is 10.8 Å². The normalized spacial score (nSPS) is 11.2. The van der Waals surface area contributed by atoms with E-state index in [1.54, 1.807) is 32.0 Å². The van der Waals surface area contributed by atoms with E-state index < -0.39 is 0 Å². The molecule has 0 fully saturated rings. The predicted molar refractivity (Wildman–Crippen MR) is 77.0 cm³/mol. The van der Waals surface area contributed by atoms with Crippen LogP contribution in [0.25, 0.3) is 17.2 Å². The number of amides is 1. The number of nitrogens with one attached hydrogen (secondary N) is 1. The predicted octanol–water partition coefficient (Wildman–Crippen LogP) is 2.63. The van der Waals surface area contributed by atoms with Crippen molar-refractivity contribution in [1.29, 1.82) is 0 Å². The maximum Gasteiger partial charge on any atom is 0.234 e. The minimum absolute atomic E-state index is 0.180. The summed E-state index contributed by atoms with van der Waals surface area (Å²) < 4.78 is 6.68. The smallest absolute Gasteiger partial charge is 0.234 e. The van der Waals surface area contributed by atoms with Crippen molar-refractivity contribution < 1.29 is 9.21 Å². The first-order valence-corrected chi connectivity index (χ1v) is 6.70. The quantitative estimate of drug-likeness (QED) is 0.752. The Kier molecular flexibility index (Phi) is 3.34. The summed E-state index contributed by atoms with van der Waals surface area (Å²) in [7, 11) is 0. The van der Waals surface area contributed by atoms with Crippen LogP contribution in [-0.2, 0) is 4.79 Å². The molecule has 1 N–H and O–H groups in total. The standard InChI is InChI=1S/C13H12ClN5O2/c1-7(2)12(20)17-13-15-9(14)6-10-16-11(18-19(10)13)8-4-3-5-21-8/h3-7H,1-2H3,(H,15,17,20). The van der Waals surface area contributed by atoms with Gasteiger partial charge in [-0.2, -0.15) is 4.52 Å². The fourth-order valence-electron chi connectivity index (χ4n) is 1.71. The largest absolute Gasteiger partial charge is 0.461 e. The van der Waals surface area contributed by atoms with Crippen LogP contribution in [-0.4, -0.2) is 25.5 Å². The van der Waals surface area contributed by atoms with Gasteiger partial charge in [0.15, 0.2) is 11.4 Å². The molecule has 108 valence electrons. The van der Waals surface area contributed by atoms with Crippen LogP contribution in [0.15, 0.2) is 28.9 Å². The molecule has 3 aromatic heterocycles. The fraction of sp³-hybridized carbons (Fsp3) is 0.231. The Labute approximate surface area is 125 Å². The van der Waals surface area contributed by atoms with Crippen molar-refractivity contribution >= 4 is 29.1 Å². The molecule has 1 amide bonds. The number of carbonyl (C=O) groups excluding carboxylic acids is 1. The first kappa shape index (κ1) is 13.6. The molecular weight excluding hydrogens is 294 g/mol. The average molecular weight is 306 g/mol. The summed E-state index contributed by atoms with van der Waals surface area (Å²) in [6.07, 6.45) is 1.54. The molecule has 3 rings (SSSR count). The van der Waals surface area contributed by atoms with Crippen molar-refractivity contribution in [2.75, 3.05) is 5.32 Å². The highest BCUT2D eigenvalue weighted by atomic mass is 35.5. The van der Waals surface area contributed by atoms with Gasteiger partial charge in [-0.05, 0) is 12.1 Å². The van der Waals surface area contributed by atoms with E-state index in [4.69, 9.17) is 16.0 Å². The molecule has 0 radical (unpaired) electrons. The van der Waals surface area contributed by atoms with Crippen LogP contribution < -0.4 is 5.32 Å². The van der Waals surface area contributed by atoms with E-state index in [2.05, 4.69) is 20.4 Å². The maximum absolute atomic E-state index is 11.8. The number of rotatable bonds is 3. The summed E-state index contributed by atoms with van der Waals surface area (Å²) >= 11 is 5.95. The van der Waals surface area contributed by atoms with E-state index in [-0.39, 0.29) is 22.9 Å². The number of hydrogen-bond donors (Lipinski definition) is 1. The molecular formula is C13H12ClN5O2. The molecule has 0 spiro atoms. The Morgan fingerprint density at radius 3 is 2.90 bits per heavy atom. The van der Waals surface area contributed by atoms with Crippen LogP contribution in [0, 0.1) is 5.92 Å². The third kappa shape index (κ3) is 2.59. The SMILES string of the molecule is CC(C)C(=O)Nc1nc(Cl)cc2nc(-c3ccco3)nn12. The highest BCUT2D eigenvalue weighted by molar-refractivity contribution is 6.29. The fourth-order valence-corrected chi connectivity index (χ4v) is 1.88. The lowest BCUT2D eigenvalue weighted by Crippen LogP contribution is -2.20. The Bertz CT molecular complexity index is 794. The Morgan fingerprint density at radius 2 is 2.24 bits per heavy atom. The Morgan fingerprint density at radius 1 is 1.43 bits per heavy atom. The third-order valence-electron chi connectivity index (χ3n) is 2.79. The van der Waals surface area contributed by atoms with Crippen molar-refractivity contribution in [2.45, 2.75) is 13.8 Å². The second-order valence-corrected chi connectivity index (χ2v) is 5.12. The molecule has 0 aliphatic rings. The molecule has 3 aromatic rings. The van der Waals surface area contributed by atoms with Crippen LogP contribution in [0.4, 0.5) is 5.95 Å². The van der Waals surface area contributed by atoms with Crippen LogP contribution in [0.5, 0.6) is 0 Å². The summed E-state index contributed by atoms with van der Waals surface area (Å²) in [5.74, 6) is 0.775. The number of anilines is 1. The van der Waals surface area contributed by atoms with Crippen LogP contribution in [0.2, 0.25) is 5.15 Å². The first-order chi connectivity index (χ1) is 10.0. The van der Waals surface area contributed by atoms with Crippen molar-refractivity contribution in [2.24, 2.45) is 5.92 Å². The van der Waals surface area contributed by atoms with Crippen molar-refractivity contribution in [1.82, 2.24) is 19.6 Å². The summed E-state index contributed by atoms with van der Waals surface area (Å²) in [5.41, 5.74) is 0.473. The van der Waals surface area contributed by atoms with Crippen molar-refractivity contribution in [3.05, 3.63) is 29.6 Å². The van der Waals surface area contributed by atoms with E-state index in [0.717, 1.165) is 0 Å². The molecule has 8 heteroatoms. The second-order valence-electron chi connectivity index (χ2n) is 4.73. The molecule has 0 unspecified atom stereocenters. The Balaban J connectivity index is 2.09. The molecule has 0 aliphatic carbocycles. The zero-order chi connectivity index (χ0) is 15.0. The number of aromatic nitrogens is 4. The van der Waals surface area contributed by atoms with E-state index >= 15 is 0 Å². The van der Waals surface area contributed by atoms with Gasteiger partial charge >= 0.3 is 0 Å². The second kappa shape index (κ2) is 5.17. The monoisotopic (exact) mass is 305 g/mol.